The number of methoxy groups -OCH3 is 2. The van der Waals surface area contributed by atoms with Crippen LogP contribution in [0.1, 0.15) is 23.2 Å². The molecule has 1 fully saturated rings. The molecule has 156 valence electrons. The summed E-state index contributed by atoms with van der Waals surface area (Å²) in [5.74, 6) is 0.764. The smallest absolute Gasteiger partial charge is 0.254 e. The van der Waals surface area contributed by atoms with E-state index in [9.17, 15) is 9.59 Å². The van der Waals surface area contributed by atoms with E-state index in [0.29, 0.717) is 29.4 Å². The largest absolute Gasteiger partial charge is 0.497 e. The number of rotatable bonds is 9. The number of amides is 2. The van der Waals surface area contributed by atoms with Crippen LogP contribution in [-0.4, -0.2) is 68.8 Å². The van der Waals surface area contributed by atoms with Gasteiger partial charge >= 0.3 is 0 Å². The molecule has 0 atom stereocenters. The maximum atomic E-state index is 13.2. The minimum atomic E-state index is -0.335. The van der Waals surface area contributed by atoms with Gasteiger partial charge in [0, 0.05) is 30.5 Å². The monoisotopic (exact) mass is 403 g/mol. The first-order valence-electron chi connectivity index (χ1n) is 9.65. The number of carbonyl (C=O) groups is 2. The number of hydrogen-bond acceptors (Lipinski definition) is 6. The van der Waals surface area contributed by atoms with Gasteiger partial charge in [0.15, 0.2) is 5.82 Å². The van der Waals surface area contributed by atoms with Gasteiger partial charge < -0.3 is 29.1 Å². The summed E-state index contributed by atoms with van der Waals surface area (Å²) < 4.78 is 15.3. The first-order chi connectivity index (χ1) is 14.1. The minimum absolute atomic E-state index is 0.0848. The van der Waals surface area contributed by atoms with Crippen LogP contribution < -0.4 is 19.7 Å². The Bertz CT molecular complexity index is 796. The van der Waals surface area contributed by atoms with E-state index in [1.54, 1.807) is 29.2 Å². The lowest BCUT2D eigenvalue weighted by molar-refractivity contribution is -0.886. The normalized spacial score (nSPS) is 13.9. The summed E-state index contributed by atoms with van der Waals surface area (Å²) in [6.45, 7) is 3.38. The third kappa shape index (κ3) is 5.71. The van der Waals surface area contributed by atoms with Gasteiger partial charge in [-0.15, -0.1) is 0 Å². The van der Waals surface area contributed by atoms with Crippen LogP contribution in [0.25, 0.3) is 0 Å². The van der Waals surface area contributed by atoms with Gasteiger partial charge in [0.05, 0.1) is 40.4 Å². The van der Waals surface area contributed by atoms with Crippen molar-refractivity contribution in [2.75, 3.05) is 52.3 Å². The van der Waals surface area contributed by atoms with Crippen LogP contribution in [0.4, 0.5) is 5.82 Å². The molecule has 1 saturated heterocycles. The number of nitrogens with one attached hydrogen (secondary N) is 2. The van der Waals surface area contributed by atoms with Crippen molar-refractivity contribution in [3.05, 3.63) is 36.1 Å². The van der Waals surface area contributed by atoms with Gasteiger partial charge in [-0.25, -0.2) is 0 Å². The molecule has 0 radical (unpaired) electrons. The van der Waals surface area contributed by atoms with Crippen LogP contribution in [-0.2, 0) is 4.79 Å². The molecule has 1 aliphatic heterocycles. The van der Waals surface area contributed by atoms with Crippen LogP contribution in [0, 0.1) is 0 Å². The van der Waals surface area contributed by atoms with Gasteiger partial charge in [-0.05, 0) is 12.1 Å². The summed E-state index contributed by atoms with van der Waals surface area (Å²) in [4.78, 5) is 28.7. The van der Waals surface area contributed by atoms with Crippen LogP contribution in [0.15, 0.2) is 35.1 Å². The number of carbonyl (C=O) groups excluding carboxylic acids is 2. The van der Waals surface area contributed by atoms with Crippen molar-refractivity contribution in [2.24, 2.45) is 0 Å². The number of aromatic nitrogens is 1. The van der Waals surface area contributed by atoms with E-state index in [4.69, 9.17) is 14.0 Å². The van der Waals surface area contributed by atoms with Gasteiger partial charge in [0.25, 0.3) is 5.91 Å². The maximum Gasteiger partial charge on any atom is 0.254 e. The molecule has 0 spiro atoms. The lowest BCUT2D eigenvalue weighted by atomic mass is 10.1. The van der Waals surface area contributed by atoms with E-state index in [-0.39, 0.29) is 18.4 Å². The molecule has 2 amide bonds. The summed E-state index contributed by atoms with van der Waals surface area (Å²) in [5, 5.41) is 6.31. The highest BCUT2D eigenvalue weighted by atomic mass is 16.5. The Morgan fingerprint density at radius 3 is 2.45 bits per heavy atom. The summed E-state index contributed by atoms with van der Waals surface area (Å²) in [5.41, 5.74) is 0.409. The van der Waals surface area contributed by atoms with Crippen molar-refractivity contribution in [1.29, 1.82) is 0 Å². The van der Waals surface area contributed by atoms with Gasteiger partial charge in [0.1, 0.15) is 24.3 Å². The molecule has 3 rings (SSSR count). The number of likely N-dealkylation sites (tertiary alicyclic amines) is 1. The van der Waals surface area contributed by atoms with Gasteiger partial charge in [-0.3, -0.25) is 9.59 Å². The summed E-state index contributed by atoms with van der Waals surface area (Å²) >= 11 is 0. The SMILES string of the molecule is COc1cc(OC)cc(C(=O)N(CC[NH+]2CCCC2)CC(=O)Nc2ccon2)c1. The number of hydrogen-bond donors (Lipinski definition) is 2. The van der Waals surface area contributed by atoms with E-state index in [0.717, 1.165) is 19.6 Å². The van der Waals surface area contributed by atoms with Gasteiger partial charge in [-0.2, -0.15) is 0 Å². The molecule has 9 nitrogen and oxygen atoms in total. The van der Waals surface area contributed by atoms with Crippen molar-refractivity contribution in [2.45, 2.75) is 12.8 Å². The van der Waals surface area contributed by atoms with E-state index < -0.39 is 0 Å². The molecule has 9 heteroatoms. The average Bonchev–Trinajstić information content (AvgIpc) is 3.44. The Morgan fingerprint density at radius 1 is 1.17 bits per heavy atom. The minimum Gasteiger partial charge on any atom is -0.497 e. The average molecular weight is 403 g/mol. The Morgan fingerprint density at radius 2 is 1.86 bits per heavy atom. The first-order valence-corrected chi connectivity index (χ1v) is 9.65. The third-order valence-electron chi connectivity index (χ3n) is 4.97. The lowest BCUT2D eigenvalue weighted by Crippen LogP contribution is -3.10. The number of anilines is 1. The van der Waals surface area contributed by atoms with E-state index >= 15 is 0 Å². The predicted molar refractivity (Wildman–Crippen MR) is 105 cm³/mol. The van der Waals surface area contributed by atoms with E-state index in [1.807, 2.05) is 0 Å². The van der Waals surface area contributed by atoms with Crippen LogP contribution >= 0.6 is 0 Å². The zero-order valence-electron chi connectivity index (χ0n) is 16.8. The number of benzene rings is 1. The van der Waals surface area contributed by atoms with Crippen molar-refractivity contribution in [3.8, 4) is 11.5 Å². The van der Waals surface area contributed by atoms with Crippen LogP contribution in [0.2, 0.25) is 0 Å². The fourth-order valence-corrected chi connectivity index (χ4v) is 3.42. The second-order valence-electron chi connectivity index (χ2n) is 6.97. The molecule has 0 unspecified atom stereocenters. The zero-order valence-corrected chi connectivity index (χ0v) is 16.8. The number of nitrogens with zero attached hydrogens (tertiary/aromatic N) is 2. The highest BCUT2D eigenvalue weighted by Gasteiger charge is 2.24. The van der Waals surface area contributed by atoms with E-state index in [2.05, 4.69) is 10.5 Å². The fourth-order valence-electron chi connectivity index (χ4n) is 3.42. The highest BCUT2D eigenvalue weighted by Crippen LogP contribution is 2.23. The predicted octanol–water partition coefficient (Wildman–Crippen LogP) is 0.451. The molecular weight excluding hydrogens is 376 g/mol. The lowest BCUT2D eigenvalue weighted by Gasteiger charge is -2.24. The standard InChI is InChI=1S/C20H26N4O5/c1-27-16-11-15(12-17(13-16)28-2)20(26)24(9-8-23-6-3-4-7-23)14-19(25)21-18-5-10-29-22-18/h5,10-13H,3-4,6-9,14H2,1-2H3,(H,21,22,25)/p+1. The van der Waals surface area contributed by atoms with E-state index in [1.165, 1.54) is 38.2 Å². The van der Waals surface area contributed by atoms with Crippen molar-refractivity contribution in [3.63, 3.8) is 0 Å². The summed E-state index contributed by atoms with van der Waals surface area (Å²) in [6, 6.07) is 6.55. The Balaban J connectivity index is 1.75. The Labute approximate surface area is 169 Å². The molecule has 0 saturated carbocycles. The van der Waals surface area contributed by atoms with Crippen LogP contribution in [0.5, 0.6) is 11.5 Å². The molecular formula is C20H27N4O5+. The molecule has 1 aromatic heterocycles. The summed E-state index contributed by atoms with van der Waals surface area (Å²) in [7, 11) is 3.06. The highest BCUT2D eigenvalue weighted by molar-refractivity contribution is 5.99. The fraction of sp³-hybridized carbons (Fsp3) is 0.450. The first kappa shape index (κ1) is 20.7. The van der Waals surface area contributed by atoms with Crippen molar-refractivity contribution < 1.29 is 28.5 Å². The zero-order chi connectivity index (χ0) is 20.6. The maximum absolute atomic E-state index is 13.2. The number of quaternary nitrogens is 1. The molecule has 2 aromatic rings. The molecule has 1 aliphatic rings. The van der Waals surface area contributed by atoms with Crippen molar-refractivity contribution >= 4 is 17.6 Å². The molecule has 0 bridgehead atoms. The third-order valence-corrected chi connectivity index (χ3v) is 4.97. The second kappa shape index (κ2) is 9.92. The molecule has 1 aromatic carbocycles. The van der Waals surface area contributed by atoms with Gasteiger partial charge in [-0.1, -0.05) is 5.16 Å². The van der Waals surface area contributed by atoms with Crippen molar-refractivity contribution in [1.82, 2.24) is 10.1 Å². The second-order valence-corrected chi connectivity index (χ2v) is 6.97. The Kier molecular flexibility index (Phi) is 7.07. The molecule has 2 heterocycles. The topological polar surface area (TPSA) is 98.3 Å². The quantitative estimate of drug-likeness (QED) is 0.631. The van der Waals surface area contributed by atoms with Gasteiger partial charge in [0.2, 0.25) is 5.91 Å². The summed E-state index contributed by atoms with van der Waals surface area (Å²) in [6.07, 6.45) is 3.77. The molecule has 29 heavy (non-hydrogen) atoms. The molecule has 0 aliphatic carbocycles. The number of ether oxygens (including phenoxy) is 2. The molecule has 2 N–H and O–H groups in total. The Hall–Kier alpha value is -3.07. The van der Waals surface area contributed by atoms with Crippen LogP contribution in [0.3, 0.4) is 0 Å².